The Bertz CT molecular complexity index is 657. The summed E-state index contributed by atoms with van der Waals surface area (Å²) in [6.07, 6.45) is 7.06. The second-order valence-electron chi connectivity index (χ2n) is 6.24. The van der Waals surface area contributed by atoms with Crippen LogP contribution in [-0.4, -0.2) is 25.2 Å². The minimum atomic E-state index is 0.558. The van der Waals surface area contributed by atoms with E-state index in [9.17, 15) is 0 Å². The summed E-state index contributed by atoms with van der Waals surface area (Å²) in [5.41, 5.74) is 2.00. The van der Waals surface area contributed by atoms with E-state index in [0.717, 1.165) is 28.3 Å². The van der Waals surface area contributed by atoms with Gasteiger partial charge in [0.2, 0.25) is 0 Å². The molecule has 1 N–H and O–H groups in total. The Kier molecular flexibility index (Phi) is 4.36. The molecule has 1 fully saturated rings. The van der Waals surface area contributed by atoms with Crippen molar-refractivity contribution < 1.29 is 9.47 Å². The summed E-state index contributed by atoms with van der Waals surface area (Å²) in [5.74, 6) is 2.26. The molecule has 2 atom stereocenters. The fourth-order valence-corrected chi connectivity index (χ4v) is 3.34. The van der Waals surface area contributed by atoms with Gasteiger partial charge in [-0.25, -0.2) is 0 Å². The maximum Gasteiger partial charge on any atom is 0.162 e. The molecule has 0 saturated heterocycles. The molecule has 1 heterocycles. The van der Waals surface area contributed by atoms with Crippen molar-refractivity contribution in [3.63, 3.8) is 0 Å². The number of anilines is 1. The first-order chi connectivity index (χ1) is 10.7. The zero-order chi connectivity index (χ0) is 15.5. The first kappa shape index (κ1) is 14.9. The van der Waals surface area contributed by atoms with Gasteiger partial charge in [-0.3, -0.25) is 4.98 Å². The van der Waals surface area contributed by atoms with Crippen LogP contribution in [-0.2, 0) is 0 Å². The summed E-state index contributed by atoms with van der Waals surface area (Å²) in [5, 5.41) is 4.70. The summed E-state index contributed by atoms with van der Waals surface area (Å²) < 4.78 is 10.7. The first-order valence-corrected chi connectivity index (χ1v) is 7.98. The molecule has 0 unspecified atom stereocenters. The molecular weight excluding hydrogens is 276 g/mol. The van der Waals surface area contributed by atoms with Crippen molar-refractivity contribution in [1.29, 1.82) is 0 Å². The fourth-order valence-electron chi connectivity index (χ4n) is 3.34. The van der Waals surface area contributed by atoms with Gasteiger partial charge in [0.25, 0.3) is 0 Å². The van der Waals surface area contributed by atoms with E-state index in [4.69, 9.17) is 9.47 Å². The van der Waals surface area contributed by atoms with E-state index < -0.39 is 0 Å². The van der Waals surface area contributed by atoms with Crippen molar-refractivity contribution in [1.82, 2.24) is 4.98 Å². The summed E-state index contributed by atoms with van der Waals surface area (Å²) in [6, 6.07) is 6.60. The Morgan fingerprint density at radius 3 is 2.59 bits per heavy atom. The number of ether oxygens (including phenoxy) is 2. The van der Waals surface area contributed by atoms with Gasteiger partial charge in [0, 0.05) is 17.5 Å². The molecule has 1 aromatic carbocycles. The molecule has 118 valence electrons. The third-order valence-electron chi connectivity index (χ3n) is 4.49. The number of methoxy groups -OCH3 is 2. The number of rotatable bonds is 4. The Morgan fingerprint density at radius 1 is 1.09 bits per heavy atom. The van der Waals surface area contributed by atoms with Gasteiger partial charge in [-0.05, 0) is 30.9 Å². The smallest absolute Gasteiger partial charge is 0.162 e. The minimum absolute atomic E-state index is 0.558. The second kappa shape index (κ2) is 6.42. The lowest BCUT2D eigenvalue weighted by atomic mass is 9.87. The van der Waals surface area contributed by atoms with Gasteiger partial charge in [0.15, 0.2) is 11.5 Å². The van der Waals surface area contributed by atoms with Crippen molar-refractivity contribution >= 4 is 16.6 Å². The standard InChI is InChI=1S/C18H24N2O2/c1-12-5-4-6-14(7-12)20-15-8-13-9-17(21-2)18(22-3)10-16(13)19-11-15/h8-12,14,20H,4-7H2,1-3H3/t12-,14-/m1/s1. The number of aromatic nitrogens is 1. The second-order valence-corrected chi connectivity index (χ2v) is 6.24. The van der Waals surface area contributed by atoms with Crippen LogP contribution in [0.2, 0.25) is 0 Å². The van der Waals surface area contributed by atoms with Crippen LogP contribution < -0.4 is 14.8 Å². The molecule has 1 aromatic heterocycles. The number of nitrogens with one attached hydrogen (secondary N) is 1. The Hall–Kier alpha value is -1.97. The van der Waals surface area contributed by atoms with E-state index in [0.29, 0.717) is 11.8 Å². The van der Waals surface area contributed by atoms with Crippen LogP contribution in [0.4, 0.5) is 5.69 Å². The van der Waals surface area contributed by atoms with Gasteiger partial charge in [-0.15, -0.1) is 0 Å². The van der Waals surface area contributed by atoms with Crippen molar-refractivity contribution in [2.75, 3.05) is 19.5 Å². The highest BCUT2D eigenvalue weighted by Gasteiger charge is 2.18. The van der Waals surface area contributed by atoms with Crippen LogP contribution in [0.5, 0.6) is 11.5 Å². The Labute approximate surface area is 131 Å². The predicted octanol–water partition coefficient (Wildman–Crippen LogP) is 4.24. The molecule has 1 saturated carbocycles. The number of pyridine rings is 1. The number of fused-ring (bicyclic) bond motifs is 1. The topological polar surface area (TPSA) is 43.4 Å². The molecule has 3 rings (SSSR count). The minimum Gasteiger partial charge on any atom is -0.493 e. The van der Waals surface area contributed by atoms with E-state index in [2.05, 4.69) is 23.3 Å². The van der Waals surface area contributed by atoms with Crippen molar-refractivity contribution in [2.24, 2.45) is 5.92 Å². The van der Waals surface area contributed by atoms with Crippen molar-refractivity contribution in [3.05, 3.63) is 24.4 Å². The van der Waals surface area contributed by atoms with Crippen LogP contribution in [0.1, 0.15) is 32.6 Å². The van der Waals surface area contributed by atoms with E-state index in [-0.39, 0.29) is 0 Å². The quantitative estimate of drug-likeness (QED) is 0.917. The molecule has 0 aliphatic heterocycles. The highest BCUT2D eigenvalue weighted by molar-refractivity contribution is 5.85. The van der Waals surface area contributed by atoms with Gasteiger partial charge in [0.05, 0.1) is 31.6 Å². The average molecular weight is 300 g/mol. The summed E-state index contributed by atoms with van der Waals surface area (Å²) in [4.78, 5) is 4.55. The van der Waals surface area contributed by atoms with E-state index in [1.807, 2.05) is 18.3 Å². The molecule has 0 amide bonds. The normalized spacial score (nSPS) is 21.6. The van der Waals surface area contributed by atoms with E-state index in [1.54, 1.807) is 14.2 Å². The SMILES string of the molecule is COc1cc2cc(N[C@@H]3CCC[C@@H](C)C3)cnc2cc1OC. The molecule has 0 radical (unpaired) electrons. The van der Waals surface area contributed by atoms with Gasteiger partial charge in [-0.1, -0.05) is 19.8 Å². The van der Waals surface area contributed by atoms with Gasteiger partial charge < -0.3 is 14.8 Å². The number of benzene rings is 1. The fraction of sp³-hybridized carbons (Fsp3) is 0.500. The Balaban J connectivity index is 1.85. The average Bonchev–Trinajstić information content (AvgIpc) is 2.53. The zero-order valence-electron chi connectivity index (χ0n) is 13.6. The van der Waals surface area contributed by atoms with Crippen molar-refractivity contribution in [3.8, 4) is 11.5 Å². The lowest BCUT2D eigenvalue weighted by Crippen LogP contribution is -2.26. The lowest BCUT2D eigenvalue weighted by Gasteiger charge is -2.28. The van der Waals surface area contributed by atoms with E-state index in [1.165, 1.54) is 25.7 Å². The lowest BCUT2D eigenvalue weighted by molar-refractivity contribution is 0.355. The van der Waals surface area contributed by atoms with Crippen LogP contribution in [0, 0.1) is 5.92 Å². The molecule has 2 aromatic rings. The van der Waals surface area contributed by atoms with Gasteiger partial charge >= 0.3 is 0 Å². The molecule has 4 nitrogen and oxygen atoms in total. The Morgan fingerprint density at radius 2 is 1.86 bits per heavy atom. The molecule has 0 spiro atoms. The number of hydrogen-bond acceptors (Lipinski definition) is 4. The first-order valence-electron chi connectivity index (χ1n) is 7.98. The largest absolute Gasteiger partial charge is 0.493 e. The maximum atomic E-state index is 5.38. The molecular formula is C18H24N2O2. The molecule has 1 aliphatic carbocycles. The molecule has 0 bridgehead atoms. The van der Waals surface area contributed by atoms with Crippen LogP contribution >= 0.6 is 0 Å². The summed E-state index contributed by atoms with van der Waals surface area (Å²) in [7, 11) is 3.30. The maximum absolute atomic E-state index is 5.38. The molecule has 1 aliphatic rings. The van der Waals surface area contributed by atoms with E-state index >= 15 is 0 Å². The summed E-state index contributed by atoms with van der Waals surface area (Å²) in [6.45, 7) is 2.34. The van der Waals surface area contributed by atoms with Gasteiger partial charge in [-0.2, -0.15) is 0 Å². The van der Waals surface area contributed by atoms with Crippen LogP contribution in [0.3, 0.4) is 0 Å². The zero-order valence-corrected chi connectivity index (χ0v) is 13.6. The predicted molar refractivity (Wildman–Crippen MR) is 89.9 cm³/mol. The highest BCUT2D eigenvalue weighted by Crippen LogP contribution is 2.33. The van der Waals surface area contributed by atoms with Crippen molar-refractivity contribution in [2.45, 2.75) is 38.6 Å². The number of hydrogen-bond donors (Lipinski definition) is 1. The van der Waals surface area contributed by atoms with Crippen LogP contribution in [0.15, 0.2) is 24.4 Å². The number of nitrogens with zero attached hydrogens (tertiary/aromatic N) is 1. The highest BCUT2D eigenvalue weighted by atomic mass is 16.5. The molecule has 22 heavy (non-hydrogen) atoms. The third-order valence-corrected chi connectivity index (χ3v) is 4.49. The third kappa shape index (κ3) is 3.11. The monoisotopic (exact) mass is 300 g/mol. The summed E-state index contributed by atoms with van der Waals surface area (Å²) >= 11 is 0. The van der Waals surface area contributed by atoms with Crippen LogP contribution in [0.25, 0.3) is 10.9 Å². The van der Waals surface area contributed by atoms with Gasteiger partial charge in [0.1, 0.15) is 0 Å². The molecule has 4 heteroatoms.